The first-order valence-electron chi connectivity index (χ1n) is 3.96. The molecule has 0 bridgehead atoms. The Hall–Kier alpha value is -1.40. The van der Waals surface area contributed by atoms with Gasteiger partial charge in [0.05, 0.1) is 24.8 Å². The van der Waals surface area contributed by atoms with Gasteiger partial charge in [-0.3, -0.25) is 0 Å². The molecule has 0 aliphatic heterocycles. The number of nitrogens with zero attached hydrogens (tertiary/aromatic N) is 1. The van der Waals surface area contributed by atoms with E-state index in [4.69, 9.17) is 26.3 Å². The molecule has 0 heterocycles. The van der Waals surface area contributed by atoms with Crippen LogP contribution in [0.3, 0.4) is 0 Å². The van der Waals surface area contributed by atoms with Crippen LogP contribution in [0.25, 0.3) is 0 Å². The fraction of sp³-hybridized carbons (Fsp3) is 0.300. The number of methoxy groups -OCH3 is 2. The predicted molar refractivity (Wildman–Crippen MR) is 54.0 cm³/mol. The Labute approximate surface area is 87.8 Å². The highest BCUT2D eigenvalue weighted by atomic mass is 35.5. The summed E-state index contributed by atoms with van der Waals surface area (Å²) in [7, 11) is 3.01. The second-order valence-electron chi connectivity index (χ2n) is 2.71. The second kappa shape index (κ2) is 4.21. The predicted octanol–water partition coefficient (Wildman–Crippen LogP) is 2.54. The van der Waals surface area contributed by atoms with Crippen LogP contribution in [0.15, 0.2) is 6.07 Å². The largest absolute Gasteiger partial charge is 0.496 e. The summed E-state index contributed by atoms with van der Waals surface area (Å²) in [4.78, 5) is 0. The second-order valence-corrected chi connectivity index (χ2v) is 3.09. The summed E-state index contributed by atoms with van der Waals surface area (Å²) in [5.74, 6) is 0.986. The van der Waals surface area contributed by atoms with E-state index in [0.717, 1.165) is 5.56 Å². The average Bonchev–Trinajstić information content (AvgIpc) is 2.21. The highest BCUT2D eigenvalue weighted by molar-refractivity contribution is 6.33. The Kier molecular flexibility index (Phi) is 3.21. The van der Waals surface area contributed by atoms with Gasteiger partial charge in [-0.05, 0) is 6.92 Å². The SMILES string of the molecule is COc1cc(C#N)c(OC)c(Cl)c1C. The molecule has 0 atom stereocenters. The number of benzene rings is 1. The summed E-state index contributed by atoms with van der Waals surface area (Å²) in [5.41, 5.74) is 1.14. The third kappa shape index (κ3) is 1.61. The minimum absolute atomic E-state index is 0.375. The number of halogens is 1. The Morgan fingerprint density at radius 2 is 2.00 bits per heavy atom. The monoisotopic (exact) mass is 211 g/mol. The molecule has 74 valence electrons. The van der Waals surface area contributed by atoms with E-state index in [0.29, 0.717) is 22.1 Å². The Bertz CT molecular complexity index is 396. The first kappa shape index (κ1) is 10.7. The molecule has 0 aliphatic rings. The molecule has 0 unspecified atom stereocenters. The number of nitriles is 1. The molecule has 0 amide bonds. The molecule has 0 radical (unpaired) electrons. The molecule has 4 heteroatoms. The normalized spacial score (nSPS) is 9.36. The van der Waals surface area contributed by atoms with Crippen LogP contribution in [-0.2, 0) is 0 Å². The first-order valence-corrected chi connectivity index (χ1v) is 4.34. The van der Waals surface area contributed by atoms with E-state index in [-0.39, 0.29) is 0 Å². The third-order valence-corrected chi connectivity index (χ3v) is 2.42. The average molecular weight is 212 g/mol. The Balaban J connectivity index is 3.48. The summed E-state index contributed by atoms with van der Waals surface area (Å²) < 4.78 is 10.1. The minimum atomic E-state index is 0.375. The van der Waals surface area contributed by atoms with Crippen LogP contribution in [0.1, 0.15) is 11.1 Å². The number of hydrogen-bond donors (Lipinski definition) is 0. The van der Waals surface area contributed by atoms with Crippen molar-refractivity contribution in [2.45, 2.75) is 6.92 Å². The van der Waals surface area contributed by atoms with Gasteiger partial charge in [0.1, 0.15) is 11.8 Å². The maximum Gasteiger partial charge on any atom is 0.155 e. The van der Waals surface area contributed by atoms with E-state index >= 15 is 0 Å². The maximum atomic E-state index is 8.84. The molecule has 0 saturated carbocycles. The fourth-order valence-corrected chi connectivity index (χ4v) is 1.47. The van der Waals surface area contributed by atoms with Gasteiger partial charge in [0.2, 0.25) is 0 Å². The summed E-state index contributed by atoms with van der Waals surface area (Å²) in [6.07, 6.45) is 0. The van der Waals surface area contributed by atoms with Gasteiger partial charge in [-0.15, -0.1) is 0 Å². The molecular weight excluding hydrogens is 202 g/mol. The van der Waals surface area contributed by atoms with E-state index < -0.39 is 0 Å². The van der Waals surface area contributed by atoms with Crippen LogP contribution in [0.2, 0.25) is 5.02 Å². The number of hydrogen-bond acceptors (Lipinski definition) is 3. The van der Waals surface area contributed by atoms with Gasteiger partial charge in [0, 0.05) is 11.6 Å². The standard InChI is InChI=1S/C10H10ClNO2/c1-6-8(13-2)4-7(5-12)10(14-3)9(6)11/h4H,1-3H3. The minimum Gasteiger partial charge on any atom is -0.496 e. The molecule has 0 fully saturated rings. The fourth-order valence-electron chi connectivity index (χ4n) is 1.20. The summed E-state index contributed by atoms with van der Waals surface area (Å²) in [6, 6.07) is 3.61. The van der Waals surface area contributed by atoms with Crippen molar-refractivity contribution in [3.05, 3.63) is 22.2 Å². The quantitative estimate of drug-likeness (QED) is 0.755. The molecular formula is C10H10ClNO2. The highest BCUT2D eigenvalue weighted by Gasteiger charge is 2.14. The number of rotatable bonds is 2. The van der Waals surface area contributed by atoms with Crippen LogP contribution in [0, 0.1) is 18.3 Å². The van der Waals surface area contributed by atoms with Crippen molar-refractivity contribution in [2.75, 3.05) is 14.2 Å². The third-order valence-electron chi connectivity index (χ3n) is 1.96. The van der Waals surface area contributed by atoms with Gasteiger partial charge in [0.25, 0.3) is 0 Å². The molecule has 14 heavy (non-hydrogen) atoms. The molecule has 0 aliphatic carbocycles. The topological polar surface area (TPSA) is 42.2 Å². The van der Waals surface area contributed by atoms with Crippen LogP contribution in [0.4, 0.5) is 0 Å². The smallest absolute Gasteiger partial charge is 0.155 e. The molecule has 0 aromatic heterocycles. The Morgan fingerprint density at radius 3 is 2.43 bits per heavy atom. The van der Waals surface area contributed by atoms with E-state index in [9.17, 15) is 0 Å². The summed E-state index contributed by atoms with van der Waals surface area (Å²) >= 11 is 6.01. The lowest BCUT2D eigenvalue weighted by Gasteiger charge is -2.11. The summed E-state index contributed by atoms with van der Waals surface area (Å²) in [6.45, 7) is 1.81. The van der Waals surface area contributed by atoms with Crippen molar-refractivity contribution in [3.8, 4) is 17.6 Å². The van der Waals surface area contributed by atoms with Gasteiger partial charge in [-0.1, -0.05) is 11.6 Å². The van der Waals surface area contributed by atoms with Crippen LogP contribution in [-0.4, -0.2) is 14.2 Å². The lowest BCUT2D eigenvalue weighted by Crippen LogP contribution is -1.95. The van der Waals surface area contributed by atoms with Crippen molar-refractivity contribution in [1.82, 2.24) is 0 Å². The van der Waals surface area contributed by atoms with Gasteiger partial charge in [-0.2, -0.15) is 5.26 Å². The van der Waals surface area contributed by atoms with Gasteiger partial charge >= 0.3 is 0 Å². The van der Waals surface area contributed by atoms with Crippen molar-refractivity contribution >= 4 is 11.6 Å². The van der Waals surface area contributed by atoms with Crippen molar-refractivity contribution in [2.24, 2.45) is 0 Å². The molecule has 3 nitrogen and oxygen atoms in total. The van der Waals surface area contributed by atoms with Crippen molar-refractivity contribution < 1.29 is 9.47 Å². The highest BCUT2D eigenvalue weighted by Crippen LogP contribution is 2.37. The van der Waals surface area contributed by atoms with Gasteiger partial charge < -0.3 is 9.47 Å². The zero-order valence-electron chi connectivity index (χ0n) is 8.22. The number of ether oxygens (including phenoxy) is 2. The van der Waals surface area contributed by atoms with E-state index in [2.05, 4.69) is 0 Å². The molecule has 1 rings (SSSR count). The van der Waals surface area contributed by atoms with E-state index in [1.165, 1.54) is 14.2 Å². The Morgan fingerprint density at radius 1 is 1.36 bits per heavy atom. The molecule has 1 aromatic carbocycles. The van der Waals surface area contributed by atoms with Gasteiger partial charge in [-0.25, -0.2) is 0 Å². The molecule has 1 aromatic rings. The summed E-state index contributed by atoms with van der Waals surface area (Å²) in [5, 5.41) is 9.26. The van der Waals surface area contributed by atoms with Crippen LogP contribution < -0.4 is 9.47 Å². The van der Waals surface area contributed by atoms with E-state index in [1.54, 1.807) is 6.07 Å². The van der Waals surface area contributed by atoms with E-state index in [1.807, 2.05) is 13.0 Å². The first-order chi connectivity index (χ1) is 6.65. The zero-order valence-corrected chi connectivity index (χ0v) is 8.97. The van der Waals surface area contributed by atoms with Crippen LogP contribution in [0.5, 0.6) is 11.5 Å². The molecule has 0 saturated heterocycles. The van der Waals surface area contributed by atoms with Crippen molar-refractivity contribution in [1.29, 1.82) is 5.26 Å². The lowest BCUT2D eigenvalue weighted by molar-refractivity contribution is 0.399. The zero-order chi connectivity index (χ0) is 10.7. The van der Waals surface area contributed by atoms with Crippen molar-refractivity contribution in [3.63, 3.8) is 0 Å². The molecule has 0 N–H and O–H groups in total. The van der Waals surface area contributed by atoms with Crippen LogP contribution >= 0.6 is 11.6 Å². The van der Waals surface area contributed by atoms with Gasteiger partial charge in [0.15, 0.2) is 5.75 Å². The lowest BCUT2D eigenvalue weighted by atomic mass is 10.1. The molecule has 0 spiro atoms. The maximum absolute atomic E-state index is 8.84.